The molecule has 0 saturated carbocycles. The Morgan fingerprint density at radius 1 is 1.50 bits per heavy atom. The molecule has 0 aromatic heterocycles. The first-order chi connectivity index (χ1) is 7.58. The van der Waals surface area contributed by atoms with Gasteiger partial charge in [0.25, 0.3) is 0 Å². The predicted molar refractivity (Wildman–Crippen MR) is 65.1 cm³/mol. The van der Waals surface area contributed by atoms with Crippen LogP contribution in [0.15, 0.2) is 18.2 Å². The molecule has 0 aliphatic carbocycles. The summed E-state index contributed by atoms with van der Waals surface area (Å²) in [7, 11) is 1.94. The van der Waals surface area contributed by atoms with Gasteiger partial charge >= 0.3 is 0 Å². The monoisotopic (exact) mass is 218 g/mol. The van der Waals surface area contributed by atoms with E-state index in [0.717, 1.165) is 16.8 Å². The number of aliphatic hydroxyl groups excluding tert-OH is 1. The van der Waals surface area contributed by atoms with E-state index in [1.807, 2.05) is 44.0 Å². The standard InChI is InChI=1S/C13H18N2O/c1-10-4-5-13(12(6-10)9-16)15(3)8-11(2)7-14/h4-6,11,16H,8-9H2,1-3H3. The van der Waals surface area contributed by atoms with Crippen LogP contribution < -0.4 is 4.90 Å². The van der Waals surface area contributed by atoms with Crippen molar-refractivity contribution >= 4 is 5.69 Å². The molecular weight excluding hydrogens is 200 g/mol. The van der Waals surface area contributed by atoms with Crippen molar-refractivity contribution < 1.29 is 5.11 Å². The molecule has 1 aromatic rings. The van der Waals surface area contributed by atoms with Gasteiger partial charge in [0.2, 0.25) is 0 Å². The van der Waals surface area contributed by atoms with E-state index in [9.17, 15) is 5.11 Å². The minimum absolute atomic E-state index is 0.0159. The highest BCUT2D eigenvalue weighted by Gasteiger charge is 2.10. The summed E-state index contributed by atoms with van der Waals surface area (Å²) < 4.78 is 0. The molecule has 0 heterocycles. The Balaban J connectivity index is 2.91. The Bertz CT molecular complexity index is 395. The molecule has 0 saturated heterocycles. The van der Waals surface area contributed by atoms with Gasteiger partial charge < -0.3 is 10.0 Å². The first-order valence-corrected chi connectivity index (χ1v) is 5.39. The lowest BCUT2D eigenvalue weighted by molar-refractivity contribution is 0.282. The molecule has 1 rings (SSSR count). The third-order valence-electron chi connectivity index (χ3n) is 2.58. The molecule has 0 radical (unpaired) electrons. The van der Waals surface area contributed by atoms with E-state index >= 15 is 0 Å². The van der Waals surface area contributed by atoms with Gasteiger partial charge in [-0.15, -0.1) is 0 Å². The number of nitrogens with zero attached hydrogens (tertiary/aromatic N) is 2. The molecule has 1 atom stereocenters. The van der Waals surface area contributed by atoms with Crippen LogP contribution in [0.2, 0.25) is 0 Å². The van der Waals surface area contributed by atoms with Gasteiger partial charge in [0.1, 0.15) is 0 Å². The van der Waals surface area contributed by atoms with Crippen LogP contribution in [0.4, 0.5) is 5.69 Å². The largest absolute Gasteiger partial charge is 0.392 e. The summed E-state index contributed by atoms with van der Waals surface area (Å²) in [6, 6.07) is 8.19. The molecule has 86 valence electrons. The summed E-state index contributed by atoms with van der Waals surface area (Å²) >= 11 is 0. The van der Waals surface area contributed by atoms with Crippen molar-refractivity contribution in [2.45, 2.75) is 20.5 Å². The van der Waals surface area contributed by atoms with Crippen molar-refractivity contribution in [2.24, 2.45) is 5.92 Å². The second kappa shape index (κ2) is 5.53. The fourth-order valence-electron chi connectivity index (χ4n) is 1.76. The highest BCUT2D eigenvalue weighted by molar-refractivity contribution is 5.54. The van der Waals surface area contributed by atoms with Gasteiger partial charge in [-0.3, -0.25) is 0 Å². The van der Waals surface area contributed by atoms with E-state index in [1.54, 1.807) is 0 Å². The van der Waals surface area contributed by atoms with E-state index in [2.05, 4.69) is 6.07 Å². The van der Waals surface area contributed by atoms with Crippen LogP contribution in [0.1, 0.15) is 18.1 Å². The normalized spacial score (nSPS) is 11.9. The quantitative estimate of drug-likeness (QED) is 0.841. The molecule has 1 unspecified atom stereocenters. The van der Waals surface area contributed by atoms with Crippen molar-refractivity contribution in [3.8, 4) is 6.07 Å². The number of rotatable bonds is 4. The Morgan fingerprint density at radius 3 is 2.75 bits per heavy atom. The Kier molecular flexibility index (Phi) is 4.33. The van der Waals surface area contributed by atoms with Gasteiger partial charge in [0.05, 0.1) is 18.6 Å². The van der Waals surface area contributed by atoms with Crippen molar-refractivity contribution in [1.82, 2.24) is 0 Å². The highest BCUT2D eigenvalue weighted by atomic mass is 16.3. The van der Waals surface area contributed by atoms with E-state index in [4.69, 9.17) is 5.26 Å². The molecule has 16 heavy (non-hydrogen) atoms. The van der Waals surface area contributed by atoms with Crippen LogP contribution in [0.5, 0.6) is 0 Å². The summed E-state index contributed by atoms with van der Waals surface area (Å²) in [5.74, 6) is -0.0159. The first-order valence-electron chi connectivity index (χ1n) is 5.39. The molecule has 0 aliphatic rings. The van der Waals surface area contributed by atoms with Gasteiger partial charge in [-0.25, -0.2) is 0 Å². The van der Waals surface area contributed by atoms with Crippen LogP contribution >= 0.6 is 0 Å². The maximum Gasteiger partial charge on any atom is 0.0702 e. The van der Waals surface area contributed by atoms with Crippen LogP contribution in [0.25, 0.3) is 0 Å². The lowest BCUT2D eigenvalue weighted by Crippen LogP contribution is -2.24. The number of aliphatic hydroxyl groups is 1. The van der Waals surface area contributed by atoms with Crippen molar-refractivity contribution in [3.63, 3.8) is 0 Å². The molecule has 3 nitrogen and oxygen atoms in total. The van der Waals surface area contributed by atoms with Crippen LogP contribution in [0.3, 0.4) is 0 Å². The van der Waals surface area contributed by atoms with Gasteiger partial charge in [0, 0.05) is 24.8 Å². The van der Waals surface area contributed by atoms with Crippen LogP contribution in [0, 0.1) is 24.2 Å². The number of anilines is 1. The maximum absolute atomic E-state index is 9.29. The molecule has 3 heteroatoms. The summed E-state index contributed by atoms with van der Waals surface area (Å²) in [6.07, 6.45) is 0. The number of hydrogen-bond donors (Lipinski definition) is 1. The summed E-state index contributed by atoms with van der Waals surface area (Å²) in [4.78, 5) is 2.01. The second-order valence-electron chi connectivity index (χ2n) is 4.20. The number of aryl methyl sites for hydroxylation is 1. The molecule has 0 bridgehead atoms. The summed E-state index contributed by atoms with van der Waals surface area (Å²) in [5.41, 5.74) is 3.04. The number of hydrogen-bond acceptors (Lipinski definition) is 3. The molecule has 0 amide bonds. The minimum atomic E-state index is -0.0159. The van der Waals surface area contributed by atoms with E-state index in [1.165, 1.54) is 0 Å². The first kappa shape index (κ1) is 12.5. The Morgan fingerprint density at radius 2 is 2.19 bits per heavy atom. The van der Waals surface area contributed by atoms with Crippen molar-refractivity contribution in [2.75, 3.05) is 18.5 Å². The number of benzene rings is 1. The zero-order valence-corrected chi connectivity index (χ0v) is 10.1. The fraction of sp³-hybridized carbons (Fsp3) is 0.462. The maximum atomic E-state index is 9.29. The van der Waals surface area contributed by atoms with Gasteiger partial charge in [-0.1, -0.05) is 17.7 Å². The summed E-state index contributed by atoms with van der Waals surface area (Å²) in [6.45, 7) is 4.60. The Labute approximate surface area is 96.9 Å². The van der Waals surface area contributed by atoms with Gasteiger partial charge in [0.15, 0.2) is 0 Å². The zero-order valence-electron chi connectivity index (χ0n) is 10.1. The molecule has 0 fully saturated rings. The SMILES string of the molecule is Cc1ccc(N(C)CC(C)C#N)c(CO)c1. The van der Waals surface area contributed by atoms with Crippen molar-refractivity contribution in [3.05, 3.63) is 29.3 Å². The smallest absolute Gasteiger partial charge is 0.0702 e. The average Bonchev–Trinajstić information content (AvgIpc) is 2.28. The van der Waals surface area contributed by atoms with E-state index in [-0.39, 0.29) is 12.5 Å². The molecule has 1 aromatic carbocycles. The average molecular weight is 218 g/mol. The topological polar surface area (TPSA) is 47.3 Å². The third-order valence-corrected chi connectivity index (χ3v) is 2.58. The summed E-state index contributed by atoms with van der Waals surface area (Å²) in [5, 5.41) is 18.1. The predicted octanol–water partition coefficient (Wildman–Crippen LogP) is 2.08. The lowest BCUT2D eigenvalue weighted by atomic mass is 10.1. The lowest BCUT2D eigenvalue weighted by Gasteiger charge is -2.23. The zero-order chi connectivity index (χ0) is 12.1. The van der Waals surface area contributed by atoms with Gasteiger partial charge in [-0.05, 0) is 19.9 Å². The van der Waals surface area contributed by atoms with Gasteiger partial charge in [-0.2, -0.15) is 5.26 Å². The second-order valence-corrected chi connectivity index (χ2v) is 4.20. The van der Waals surface area contributed by atoms with Crippen molar-refractivity contribution in [1.29, 1.82) is 5.26 Å². The minimum Gasteiger partial charge on any atom is -0.392 e. The molecule has 1 N–H and O–H groups in total. The molecule has 0 aliphatic heterocycles. The molecular formula is C13H18N2O. The van der Waals surface area contributed by atoms with E-state index in [0.29, 0.717) is 6.54 Å². The fourth-order valence-corrected chi connectivity index (χ4v) is 1.76. The number of nitriles is 1. The van der Waals surface area contributed by atoms with Crippen LogP contribution in [-0.4, -0.2) is 18.7 Å². The Hall–Kier alpha value is -1.53. The highest BCUT2D eigenvalue weighted by Crippen LogP contribution is 2.21. The van der Waals surface area contributed by atoms with Crippen LogP contribution in [-0.2, 0) is 6.61 Å². The third kappa shape index (κ3) is 2.98. The van der Waals surface area contributed by atoms with E-state index < -0.39 is 0 Å². The molecule has 0 spiro atoms.